The van der Waals surface area contributed by atoms with E-state index in [0.29, 0.717) is 31.0 Å². The molecule has 3 aromatic heterocycles. The van der Waals surface area contributed by atoms with Gasteiger partial charge in [0.05, 0.1) is 24.0 Å². The van der Waals surface area contributed by atoms with E-state index >= 15 is 0 Å². The molecular weight excluding hydrogens is 409 g/mol. The van der Waals surface area contributed by atoms with Crippen molar-refractivity contribution in [1.82, 2.24) is 24.6 Å². The molecule has 0 aromatic carbocycles. The van der Waals surface area contributed by atoms with Gasteiger partial charge in [0.1, 0.15) is 11.6 Å². The highest BCUT2D eigenvalue weighted by molar-refractivity contribution is 5.78. The molecule has 0 aliphatic carbocycles. The van der Waals surface area contributed by atoms with Crippen LogP contribution in [0.5, 0.6) is 0 Å². The fraction of sp³-hybridized carbons (Fsp3) is 0.333. The molecular formula is C21H21F3N6O. The van der Waals surface area contributed by atoms with Gasteiger partial charge in [-0.2, -0.15) is 18.3 Å². The molecule has 1 saturated heterocycles. The Kier molecular flexibility index (Phi) is 5.62. The van der Waals surface area contributed by atoms with Crippen molar-refractivity contribution in [3.63, 3.8) is 0 Å². The standard InChI is InChI=1S/C21H21F3N6O/c1-14-9-17(15-12-26-30(13-15)8-7-29-6-2-3-20(29)31)27-19(10-14)28-18-11-16(4-5-25-18)21(22,23)24/h4-5,9-13H,2-3,6-8H2,1H3,(H,25,27,28). The molecule has 31 heavy (non-hydrogen) atoms. The number of nitrogens with one attached hydrogen (secondary N) is 1. The SMILES string of the molecule is Cc1cc(Nc2cc(C(F)(F)F)ccn2)nc(-c2cnn(CCN3CCCC3=O)c2)c1. The second-order valence-electron chi connectivity index (χ2n) is 7.44. The van der Waals surface area contributed by atoms with Gasteiger partial charge >= 0.3 is 6.18 Å². The number of carbonyl (C=O) groups excluding carboxylic acids is 1. The maximum atomic E-state index is 12.9. The molecule has 4 heterocycles. The van der Waals surface area contributed by atoms with E-state index in [1.807, 2.05) is 24.1 Å². The lowest BCUT2D eigenvalue weighted by molar-refractivity contribution is -0.137. The molecule has 1 aliphatic heterocycles. The van der Waals surface area contributed by atoms with Crippen molar-refractivity contribution < 1.29 is 18.0 Å². The fourth-order valence-electron chi connectivity index (χ4n) is 3.47. The molecule has 4 rings (SSSR count). The molecule has 0 saturated carbocycles. The van der Waals surface area contributed by atoms with E-state index in [-0.39, 0.29) is 11.7 Å². The lowest BCUT2D eigenvalue weighted by atomic mass is 10.2. The van der Waals surface area contributed by atoms with Crippen molar-refractivity contribution in [3.8, 4) is 11.3 Å². The van der Waals surface area contributed by atoms with Crippen LogP contribution in [0.4, 0.5) is 24.8 Å². The van der Waals surface area contributed by atoms with Gasteiger partial charge < -0.3 is 10.2 Å². The predicted molar refractivity (Wildman–Crippen MR) is 109 cm³/mol. The third-order valence-electron chi connectivity index (χ3n) is 5.01. The van der Waals surface area contributed by atoms with E-state index in [2.05, 4.69) is 20.4 Å². The second-order valence-corrected chi connectivity index (χ2v) is 7.44. The van der Waals surface area contributed by atoms with Crippen molar-refractivity contribution in [2.24, 2.45) is 0 Å². The highest BCUT2D eigenvalue weighted by Crippen LogP contribution is 2.30. The molecule has 10 heteroatoms. The summed E-state index contributed by atoms with van der Waals surface area (Å²) >= 11 is 0. The van der Waals surface area contributed by atoms with Crippen LogP contribution >= 0.6 is 0 Å². The van der Waals surface area contributed by atoms with Crippen molar-refractivity contribution in [3.05, 3.63) is 54.0 Å². The van der Waals surface area contributed by atoms with Crippen molar-refractivity contribution in [2.45, 2.75) is 32.5 Å². The van der Waals surface area contributed by atoms with Crippen LogP contribution in [0.2, 0.25) is 0 Å². The van der Waals surface area contributed by atoms with E-state index in [1.54, 1.807) is 16.9 Å². The largest absolute Gasteiger partial charge is 0.416 e. The molecule has 0 bridgehead atoms. The van der Waals surface area contributed by atoms with Crippen molar-refractivity contribution in [2.75, 3.05) is 18.4 Å². The Labute approximate surface area is 176 Å². The molecule has 1 amide bonds. The Bertz CT molecular complexity index is 1090. The van der Waals surface area contributed by atoms with E-state index in [0.717, 1.165) is 42.4 Å². The highest BCUT2D eigenvalue weighted by atomic mass is 19.4. The minimum Gasteiger partial charge on any atom is -0.341 e. The number of amides is 1. The first-order chi connectivity index (χ1) is 14.8. The zero-order valence-corrected chi connectivity index (χ0v) is 16.9. The number of nitrogens with zero attached hydrogens (tertiary/aromatic N) is 5. The van der Waals surface area contributed by atoms with E-state index < -0.39 is 11.7 Å². The van der Waals surface area contributed by atoms with Crippen LogP contribution in [0.1, 0.15) is 24.0 Å². The van der Waals surface area contributed by atoms with Crippen molar-refractivity contribution in [1.29, 1.82) is 0 Å². The average molecular weight is 430 g/mol. The van der Waals surface area contributed by atoms with E-state index in [4.69, 9.17) is 0 Å². The summed E-state index contributed by atoms with van der Waals surface area (Å²) in [4.78, 5) is 22.0. The third kappa shape index (κ3) is 5.01. The Morgan fingerprint density at radius 3 is 2.74 bits per heavy atom. The number of aromatic nitrogens is 4. The van der Waals surface area contributed by atoms with Crippen molar-refractivity contribution >= 4 is 17.5 Å². The number of hydrogen-bond donors (Lipinski definition) is 1. The first-order valence-corrected chi connectivity index (χ1v) is 9.87. The molecule has 3 aromatic rings. The molecule has 1 N–H and O–H groups in total. The predicted octanol–water partition coefficient (Wildman–Crippen LogP) is 4.03. The Hall–Kier alpha value is -3.43. The smallest absolute Gasteiger partial charge is 0.341 e. The summed E-state index contributed by atoms with van der Waals surface area (Å²) in [6.45, 7) is 3.84. The number of likely N-dealkylation sites (tertiary alicyclic amines) is 1. The zero-order valence-electron chi connectivity index (χ0n) is 16.9. The maximum Gasteiger partial charge on any atom is 0.416 e. The summed E-state index contributed by atoms with van der Waals surface area (Å²) in [6.07, 6.45) is 1.69. The van der Waals surface area contributed by atoms with Gasteiger partial charge in [-0.25, -0.2) is 9.97 Å². The Morgan fingerprint density at radius 1 is 1.16 bits per heavy atom. The second kappa shape index (κ2) is 8.37. The fourth-order valence-corrected chi connectivity index (χ4v) is 3.47. The molecule has 0 spiro atoms. The average Bonchev–Trinajstić information content (AvgIpc) is 3.34. The molecule has 0 radical (unpaired) electrons. The van der Waals surface area contributed by atoms with Gasteiger partial charge in [-0.05, 0) is 43.2 Å². The molecule has 1 aliphatic rings. The highest BCUT2D eigenvalue weighted by Gasteiger charge is 2.30. The van der Waals surface area contributed by atoms with Crippen LogP contribution < -0.4 is 5.32 Å². The normalized spacial score (nSPS) is 14.3. The number of alkyl halides is 3. The zero-order chi connectivity index (χ0) is 22.0. The minimum absolute atomic E-state index is 0.0600. The third-order valence-corrected chi connectivity index (χ3v) is 5.01. The maximum absolute atomic E-state index is 12.9. The molecule has 7 nitrogen and oxygen atoms in total. The van der Waals surface area contributed by atoms with Crippen LogP contribution in [0.3, 0.4) is 0 Å². The number of anilines is 2. The molecule has 0 atom stereocenters. The van der Waals surface area contributed by atoms with Gasteiger partial charge in [-0.1, -0.05) is 0 Å². The van der Waals surface area contributed by atoms with E-state index in [1.165, 1.54) is 0 Å². The van der Waals surface area contributed by atoms with Crippen LogP contribution in [0.15, 0.2) is 42.9 Å². The van der Waals surface area contributed by atoms with Gasteiger partial charge in [-0.3, -0.25) is 9.48 Å². The minimum atomic E-state index is -4.45. The van der Waals surface area contributed by atoms with Crippen LogP contribution in [-0.2, 0) is 17.5 Å². The number of hydrogen-bond acceptors (Lipinski definition) is 5. The van der Waals surface area contributed by atoms with Gasteiger partial charge in [0.15, 0.2) is 0 Å². The number of aryl methyl sites for hydroxylation is 1. The monoisotopic (exact) mass is 430 g/mol. The quantitative estimate of drug-likeness (QED) is 0.639. The summed E-state index contributed by atoms with van der Waals surface area (Å²) in [5, 5.41) is 7.19. The molecule has 1 fully saturated rings. The summed E-state index contributed by atoms with van der Waals surface area (Å²) < 4.78 is 40.6. The summed E-state index contributed by atoms with van der Waals surface area (Å²) in [7, 11) is 0. The van der Waals surface area contributed by atoms with Gasteiger partial charge in [0.25, 0.3) is 0 Å². The topological polar surface area (TPSA) is 75.9 Å². The molecule has 162 valence electrons. The number of halogens is 3. The number of carbonyl (C=O) groups is 1. The van der Waals surface area contributed by atoms with Crippen LogP contribution in [0, 0.1) is 6.92 Å². The molecule has 0 unspecified atom stereocenters. The Balaban J connectivity index is 1.49. The Morgan fingerprint density at radius 2 is 2.00 bits per heavy atom. The number of pyridine rings is 2. The lowest BCUT2D eigenvalue weighted by Crippen LogP contribution is -2.28. The summed E-state index contributed by atoms with van der Waals surface area (Å²) in [5.74, 6) is 0.619. The van der Waals surface area contributed by atoms with Gasteiger partial charge in [0, 0.05) is 37.5 Å². The van der Waals surface area contributed by atoms with Crippen LogP contribution in [-0.4, -0.2) is 43.6 Å². The summed E-state index contributed by atoms with van der Waals surface area (Å²) in [6, 6.07) is 5.47. The first-order valence-electron chi connectivity index (χ1n) is 9.87. The van der Waals surface area contributed by atoms with Gasteiger partial charge in [-0.15, -0.1) is 0 Å². The number of rotatable bonds is 6. The first kappa shape index (κ1) is 20.8. The lowest BCUT2D eigenvalue weighted by Gasteiger charge is -2.14. The summed E-state index contributed by atoms with van der Waals surface area (Å²) in [5.41, 5.74) is 1.51. The van der Waals surface area contributed by atoms with Crippen LogP contribution in [0.25, 0.3) is 11.3 Å². The van der Waals surface area contributed by atoms with Gasteiger partial charge in [0.2, 0.25) is 5.91 Å². The van der Waals surface area contributed by atoms with E-state index in [9.17, 15) is 18.0 Å².